The minimum atomic E-state index is -1.14. The number of carboxylic acid groups (broad SMARTS) is 1. The molecule has 0 aromatic rings. The molecule has 3 amide bonds. The summed E-state index contributed by atoms with van der Waals surface area (Å²) in [5.74, 6) is 0.862. The minimum Gasteiger partial charge on any atom is -0.480 e. The van der Waals surface area contributed by atoms with E-state index < -0.39 is 24.6 Å². The van der Waals surface area contributed by atoms with E-state index in [2.05, 4.69) is 11.2 Å². The second-order valence-electron chi connectivity index (χ2n) is 4.20. The highest BCUT2D eigenvalue weighted by atomic mass is 16.4. The van der Waals surface area contributed by atoms with E-state index in [1.807, 2.05) is 0 Å². The summed E-state index contributed by atoms with van der Waals surface area (Å²) in [6, 6.07) is -1.06. The van der Waals surface area contributed by atoms with E-state index in [4.69, 9.17) is 11.5 Å². The molecule has 0 saturated carbocycles. The predicted octanol–water partition coefficient (Wildman–Crippen LogP) is -0.663. The highest BCUT2D eigenvalue weighted by molar-refractivity contribution is 5.88. The molecule has 1 saturated heterocycles. The van der Waals surface area contributed by atoms with Gasteiger partial charge in [-0.05, 0) is 12.8 Å². The molecule has 1 aliphatic rings. The van der Waals surface area contributed by atoms with Crippen molar-refractivity contribution in [3.8, 4) is 12.3 Å². The number of urea groups is 1. The average molecular weight is 267 g/mol. The molecule has 1 atom stereocenters. The van der Waals surface area contributed by atoms with Crippen LogP contribution in [0.1, 0.15) is 12.8 Å². The topological polar surface area (TPSA) is 90.0 Å². The molecular weight excluding hydrogens is 250 g/mol. The Bertz CT molecular complexity index is 416. The van der Waals surface area contributed by atoms with Crippen molar-refractivity contribution in [3.63, 3.8) is 0 Å². The zero-order chi connectivity index (χ0) is 14.4. The molecule has 2 N–H and O–H groups in total. The molecule has 0 bridgehead atoms. The Labute approximate surface area is 111 Å². The summed E-state index contributed by atoms with van der Waals surface area (Å²) >= 11 is 0. The van der Waals surface area contributed by atoms with Gasteiger partial charge in [-0.1, -0.05) is 5.92 Å². The molecule has 1 aliphatic heterocycles. The van der Waals surface area contributed by atoms with Gasteiger partial charge in [0.2, 0.25) is 5.91 Å². The van der Waals surface area contributed by atoms with Crippen LogP contribution in [-0.4, -0.2) is 65.5 Å². The lowest BCUT2D eigenvalue weighted by Gasteiger charge is -2.29. The number of hydrogen-bond donors (Lipinski definition) is 2. The first-order chi connectivity index (χ1) is 9.01. The maximum absolute atomic E-state index is 12.2. The predicted molar refractivity (Wildman–Crippen MR) is 67.2 cm³/mol. The summed E-state index contributed by atoms with van der Waals surface area (Å²) in [6.07, 6.45) is 6.41. The van der Waals surface area contributed by atoms with Crippen molar-refractivity contribution < 1.29 is 19.5 Å². The molecule has 0 aromatic carbocycles. The molecule has 0 spiro atoms. The fourth-order valence-electron chi connectivity index (χ4n) is 2.08. The van der Waals surface area contributed by atoms with Gasteiger partial charge in [0.05, 0.1) is 6.54 Å². The first kappa shape index (κ1) is 14.8. The molecule has 19 heavy (non-hydrogen) atoms. The lowest BCUT2D eigenvalue weighted by Crippen LogP contribution is -2.51. The standard InChI is InChI=1S/C12H17N3O4/c1-3-6-14(8-10(16)17)12(19)15-7-4-5-9(15)11(18)13-2/h1,9H,4-8H2,2H3,(H,13,18)(H,16,17). The van der Waals surface area contributed by atoms with Gasteiger partial charge in [-0.15, -0.1) is 6.42 Å². The van der Waals surface area contributed by atoms with Crippen LogP contribution in [0.15, 0.2) is 0 Å². The van der Waals surface area contributed by atoms with E-state index >= 15 is 0 Å². The maximum atomic E-state index is 12.2. The van der Waals surface area contributed by atoms with E-state index in [-0.39, 0.29) is 12.5 Å². The van der Waals surface area contributed by atoms with Crippen LogP contribution >= 0.6 is 0 Å². The third-order valence-electron chi connectivity index (χ3n) is 2.93. The number of carbonyl (C=O) groups excluding carboxylic acids is 2. The summed E-state index contributed by atoms with van der Waals surface area (Å²) in [4.78, 5) is 37.0. The van der Waals surface area contributed by atoms with Gasteiger partial charge in [-0.3, -0.25) is 9.59 Å². The normalized spacial score (nSPS) is 17.7. The number of aliphatic carboxylic acids is 1. The van der Waals surface area contributed by atoms with Gasteiger partial charge < -0.3 is 20.2 Å². The summed E-state index contributed by atoms with van der Waals surface area (Å²) in [5.41, 5.74) is 0. The quantitative estimate of drug-likeness (QED) is 0.661. The Balaban J connectivity index is 2.80. The number of hydrogen-bond acceptors (Lipinski definition) is 3. The van der Waals surface area contributed by atoms with Crippen molar-refractivity contribution in [2.75, 3.05) is 26.7 Å². The van der Waals surface area contributed by atoms with Crippen molar-refractivity contribution in [2.45, 2.75) is 18.9 Å². The van der Waals surface area contributed by atoms with Crippen LogP contribution < -0.4 is 5.32 Å². The monoisotopic (exact) mass is 267 g/mol. The second-order valence-corrected chi connectivity index (χ2v) is 4.20. The van der Waals surface area contributed by atoms with Crippen LogP contribution in [0.3, 0.4) is 0 Å². The molecule has 0 radical (unpaired) electrons. The molecule has 7 nitrogen and oxygen atoms in total. The van der Waals surface area contributed by atoms with Gasteiger partial charge in [0.1, 0.15) is 12.6 Å². The Morgan fingerprint density at radius 3 is 2.74 bits per heavy atom. The molecule has 0 aromatic heterocycles. The Morgan fingerprint density at radius 1 is 1.53 bits per heavy atom. The van der Waals surface area contributed by atoms with E-state index in [1.165, 1.54) is 11.9 Å². The van der Waals surface area contributed by atoms with Crippen molar-refractivity contribution in [1.82, 2.24) is 15.1 Å². The zero-order valence-electron chi connectivity index (χ0n) is 10.8. The highest BCUT2D eigenvalue weighted by Gasteiger charge is 2.36. The van der Waals surface area contributed by atoms with Crippen molar-refractivity contribution >= 4 is 17.9 Å². The van der Waals surface area contributed by atoms with E-state index in [9.17, 15) is 14.4 Å². The number of nitrogens with one attached hydrogen (secondary N) is 1. The van der Waals surface area contributed by atoms with Crippen LogP contribution in [0.5, 0.6) is 0 Å². The van der Waals surface area contributed by atoms with Crippen LogP contribution in [0.25, 0.3) is 0 Å². The third-order valence-corrected chi connectivity index (χ3v) is 2.93. The summed E-state index contributed by atoms with van der Waals surface area (Å²) in [5, 5.41) is 11.3. The van der Waals surface area contributed by atoms with Gasteiger partial charge in [0, 0.05) is 13.6 Å². The zero-order valence-corrected chi connectivity index (χ0v) is 10.8. The number of rotatable bonds is 4. The number of nitrogens with zero attached hydrogens (tertiary/aromatic N) is 2. The number of likely N-dealkylation sites (N-methyl/N-ethyl adjacent to an activating group) is 1. The van der Waals surface area contributed by atoms with E-state index in [1.54, 1.807) is 0 Å². The number of carbonyl (C=O) groups is 3. The second kappa shape index (κ2) is 6.64. The average Bonchev–Trinajstić information content (AvgIpc) is 2.85. The van der Waals surface area contributed by atoms with Crippen LogP contribution in [-0.2, 0) is 9.59 Å². The Hall–Kier alpha value is -2.23. The Morgan fingerprint density at radius 2 is 2.21 bits per heavy atom. The number of amides is 3. The van der Waals surface area contributed by atoms with Gasteiger partial charge in [-0.25, -0.2) is 4.79 Å². The lowest BCUT2D eigenvalue weighted by atomic mass is 10.2. The minimum absolute atomic E-state index is 0.0951. The molecular formula is C12H17N3O4. The SMILES string of the molecule is C#CCN(CC(=O)O)C(=O)N1CCCC1C(=O)NC. The first-order valence-corrected chi connectivity index (χ1v) is 5.93. The van der Waals surface area contributed by atoms with Crippen molar-refractivity contribution in [2.24, 2.45) is 0 Å². The first-order valence-electron chi connectivity index (χ1n) is 5.93. The lowest BCUT2D eigenvalue weighted by molar-refractivity contribution is -0.137. The molecule has 0 aliphatic carbocycles. The highest BCUT2D eigenvalue weighted by Crippen LogP contribution is 2.19. The molecule has 1 fully saturated rings. The van der Waals surface area contributed by atoms with Crippen LogP contribution in [0.4, 0.5) is 4.79 Å². The van der Waals surface area contributed by atoms with Crippen molar-refractivity contribution in [1.29, 1.82) is 0 Å². The summed E-state index contributed by atoms with van der Waals surface area (Å²) in [6.45, 7) is -0.139. The van der Waals surface area contributed by atoms with Crippen molar-refractivity contribution in [3.05, 3.63) is 0 Å². The number of likely N-dealkylation sites (tertiary alicyclic amines) is 1. The van der Waals surface area contributed by atoms with Gasteiger partial charge >= 0.3 is 12.0 Å². The number of terminal acetylenes is 1. The molecule has 7 heteroatoms. The molecule has 104 valence electrons. The molecule has 1 rings (SSSR count). The largest absolute Gasteiger partial charge is 0.480 e. The van der Waals surface area contributed by atoms with Crippen LogP contribution in [0.2, 0.25) is 0 Å². The fraction of sp³-hybridized carbons (Fsp3) is 0.583. The summed E-state index contributed by atoms with van der Waals surface area (Å²) < 4.78 is 0. The molecule has 1 unspecified atom stereocenters. The van der Waals surface area contributed by atoms with E-state index in [0.29, 0.717) is 19.4 Å². The van der Waals surface area contributed by atoms with Gasteiger partial charge in [0.15, 0.2) is 0 Å². The Kier molecular flexibility index (Phi) is 5.18. The maximum Gasteiger partial charge on any atom is 0.323 e. The third kappa shape index (κ3) is 3.61. The fourth-order valence-corrected chi connectivity index (χ4v) is 2.08. The van der Waals surface area contributed by atoms with Gasteiger partial charge in [-0.2, -0.15) is 0 Å². The van der Waals surface area contributed by atoms with Gasteiger partial charge in [0.25, 0.3) is 0 Å². The van der Waals surface area contributed by atoms with E-state index in [0.717, 1.165) is 4.90 Å². The molecule has 1 heterocycles. The summed E-state index contributed by atoms with van der Waals surface area (Å²) in [7, 11) is 1.50. The van der Waals surface area contributed by atoms with Crippen LogP contribution in [0, 0.1) is 12.3 Å². The number of carboxylic acids is 1. The smallest absolute Gasteiger partial charge is 0.323 e.